The number of aromatic amines is 1. The van der Waals surface area contributed by atoms with Crippen LogP contribution in [0.25, 0.3) is 0 Å². The number of nitrogens with one attached hydrogen (secondary N) is 2. The summed E-state index contributed by atoms with van der Waals surface area (Å²) in [5.74, 6) is 1.35. The van der Waals surface area contributed by atoms with E-state index in [0.717, 1.165) is 11.4 Å². The molecule has 0 unspecified atom stereocenters. The molecule has 23 heavy (non-hydrogen) atoms. The van der Waals surface area contributed by atoms with Gasteiger partial charge in [0, 0.05) is 12.5 Å². The van der Waals surface area contributed by atoms with Crippen LogP contribution < -0.4 is 5.32 Å². The average molecular weight is 332 g/mol. The molecule has 0 saturated heterocycles. The highest BCUT2D eigenvalue weighted by atomic mass is 32.2. The standard InChI is InChI=1S/C17H24N4OS/c1-11(2)14(23-17-19-15(12(3)4)20-21-17)16(22)18-10-13-8-6-5-7-9-13/h5-9,11-12,14H,10H2,1-4H3,(H,18,22)(H,19,20,21)/t14-/m0/s1. The molecule has 5 nitrogen and oxygen atoms in total. The summed E-state index contributed by atoms with van der Waals surface area (Å²) >= 11 is 1.41. The van der Waals surface area contributed by atoms with Crippen LogP contribution in [0.2, 0.25) is 0 Å². The Hall–Kier alpha value is -1.82. The topological polar surface area (TPSA) is 70.7 Å². The quantitative estimate of drug-likeness (QED) is 0.763. The Bertz CT molecular complexity index is 625. The fraction of sp³-hybridized carbons (Fsp3) is 0.471. The Labute approximate surface area is 141 Å². The zero-order valence-electron chi connectivity index (χ0n) is 14.0. The molecule has 0 aliphatic heterocycles. The fourth-order valence-electron chi connectivity index (χ4n) is 2.06. The summed E-state index contributed by atoms with van der Waals surface area (Å²) in [6.07, 6.45) is 0. The Morgan fingerprint density at radius 3 is 2.48 bits per heavy atom. The van der Waals surface area contributed by atoms with Crippen LogP contribution in [0.5, 0.6) is 0 Å². The van der Waals surface area contributed by atoms with Gasteiger partial charge in [-0.25, -0.2) is 4.98 Å². The molecule has 0 radical (unpaired) electrons. The van der Waals surface area contributed by atoms with Crippen molar-refractivity contribution in [3.8, 4) is 0 Å². The van der Waals surface area contributed by atoms with E-state index in [-0.39, 0.29) is 17.1 Å². The zero-order chi connectivity index (χ0) is 16.8. The summed E-state index contributed by atoms with van der Waals surface area (Å²) < 4.78 is 0. The number of rotatable bonds is 7. The number of hydrogen-bond donors (Lipinski definition) is 2. The molecule has 1 atom stereocenters. The molecule has 1 aromatic carbocycles. The van der Waals surface area contributed by atoms with Crippen LogP contribution in [0, 0.1) is 5.92 Å². The van der Waals surface area contributed by atoms with E-state index < -0.39 is 0 Å². The number of carbonyl (C=O) groups is 1. The number of amides is 1. The maximum atomic E-state index is 12.5. The summed E-state index contributed by atoms with van der Waals surface area (Å²) in [4.78, 5) is 17.0. The minimum absolute atomic E-state index is 0.0183. The summed E-state index contributed by atoms with van der Waals surface area (Å²) in [5.41, 5.74) is 1.09. The van der Waals surface area contributed by atoms with Gasteiger partial charge in [0.25, 0.3) is 0 Å². The van der Waals surface area contributed by atoms with Crippen molar-refractivity contribution in [1.82, 2.24) is 20.5 Å². The molecule has 6 heteroatoms. The van der Waals surface area contributed by atoms with Gasteiger partial charge in [-0.05, 0) is 11.5 Å². The van der Waals surface area contributed by atoms with Crippen LogP contribution >= 0.6 is 11.8 Å². The van der Waals surface area contributed by atoms with Crippen LogP contribution in [0.3, 0.4) is 0 Å². The van der Waals surface area contributed by atoms with E-state index in [0.29, 0.717) is 17.6 Å². The average Bonchev–Trinajstić information content (AvgIpc) is 3.00. The van der Waals surface area contributed by atoms with E-state index >= 15 is 0 Å². The van der Waals surface area contributed by atoms with Crippen molar-refractivity contribution in [2.75, 3.05) is 0 Å². The van der Waals surface area contributed by atoms with Crippen molar-refractivity contribution in [2.24, 2.45) is 5.92 Å². The van der Waals surface area contributed by atoms with Crippen LogP contribution in [-0.4, -0.2) is 26.3 Å². The number of benzene rings is 1. The molecule has 124 valence electrons. The van der Waals surface area contributed by atoms with Crippen LogP contribution in [0.4, 0.5) is 0 Å². The first-order valence-corrected chi connectivity index (χ1v) is 8.76. The zero-order valence-corrected chi connectivity index (χ0v) is 14.9. The second-order valence-corrected chi connectivity index (χ2v) is 7.25. The smallest absolute Gasteiger partial charge is 0.234 e. The first kappa shape index (κ1) is 17.5. The second kappa shape index (κ2) is 8.15. The van der Waals surface area contributed by atoms with Gasteiger partial charge >= 0.3 is 0 Å². The largest absolute Gasteiger partial charge is 0.351 e. The van der Waals surface area contributed by atoms with E-state index in [1.165, 1.54) is 11.8 Å². The molecule has 1 heterocycles. The van der Waals surface area contributed by atoms with E-state index in [4.69, 9.17) is 0 Å². The third kappa shape index (κ3) is 5.10. The van der Waals surface area contributed by atoms with Crippen molar-refractivity contribution in [3.05, 3.63) is 41.7 Å². The van der Waals surface area contributed by atoms with Gasteiger partial charge in [0.1, 0.15) is 5.82 Å². The van der Waals surface area contributed by atoms with Crippen molar-refractivity contribution in [1.29, 1.82) is 0 Å². The predicted octanol–water partition coefficient (Wildman–Crippen LogP) is 3.36. The molecule has 1 aromatic heterocycles. The van der Waals surface area contributed by atoms with Crippen molar-refractivity contribution >= 4 is 17.7 Å². The summed E-state index contributed by atoms with van der Waals surface area (Å²) in [6.45, 7) is 8.73. The van der Waals surface area contributed by atoms with E-state index in [2.05, 4.69) is 34.3 Å². The van der Waals surface area contributed by atoms with Gasteiger partial charge in [-0.2, -0.15) is 0 Å². The van der Waals surface area contributed by atoms with Gasteiger partial charge in [0.2, 0.25) is 11.1 Å². The Kier molecular flexibility index (Phi) is 6.21. The molecule has 2 N–H and O–H groups in total. The Morgan fingerprint density at radius 1 is 1.22 bits per heavy atom. The SMILES string of the molecule is CC(C)c1nc(S[C@H](C(=O)NCc2ccccc2)C(C)C)n[nH]1. The van der Waals surface area contributed by atoms with Gasteiger partial charge in [0.05, 0.1) is 5.25 Å². The summed E-state index contributed by atoms with van der Waals surface area (Å²) in [6, 6.07) is 9.91. The number of nitrogens with zero attached hydrogens (tertiary/aromatic N) is 2. The first-order valence-electron chi connectivity index (χ1n) is 7.88. The monoisotopic (exact) mass is 332 g/mol. The molecule has 0 spiro atoms. The molecular weight excluding hydrogens is 308 g/mol. The third-order valence-corrected chi connectivity index (χ3v) is 4.84. The molecule has 1 amide bonds. The molecule has 0 fully saturated rings. The molecule has 2 aromatic rings. The molecule has 0 saturated carbocycles. The van der Waals surface area contributed by atoms with Crippen LogP contribution in [0.1, 0.15) is 45.0 Å². The normalized spacial score (nSPS) is 12.6. The highest BCUT2D eigenvalue weighted by molar-refractivity contribution is 8.00. The van der Waals surface area contributed by atoms with Crippen LogP contribution in [0.15, 0.2) is 35.5 Å². The fourth-order valence-corrected chi connectivity index (χ4v) is 3.00. The molecular formula is C17H24N4OS. The Balaban J connectivity index is 1.98. The van der Waals surface area contributed by atoms with Gasteiger partial charge in [-0.1, -0.05) is 69.8 Å². The van der Waals surface area contributed by atoms with Gasteiger partial charge in [-0.3, -0.25) is 9.89 Å². The Morgan fingerprint density at radius 2 is 1.91 bits per heavy atom. The van der Waals surface area contributed by atoms with Crippen LogP contribution in [-0.2, 0) is 11.3 Å². The maximum absolute atomic E-state index is 12.5. The van der Waals surface area contributed by atoms with E-state index in [9.17, 15) is 4.79 Å². The van der Waals surface area contributed by atoms with E-state index in [1.807, 2.05) is 44.2 Å². The first-order chi connectivity index (χ1) is 11.0. The molecule has 0 bridgehead atoms. The summed E-state index contributed by atoms with van der Waals surface area (Å²) in [7, 11) is 0. The number of hydrogen-bond acceptors (Lipinski definition) is 4. The number of H-pyrrole nitrogens is 1. The third-order valence-electron chi connectivity index (χ3n) is 3.43. The minimum atomic E-state index is -0.213. The second-order valence-electron chi connectivity index (χ2n) is 6.14. The van der Waals surface area contributed by atoms with Crippen molar-refractivity contribution < 1.29 is 4.79 Å². The predicted molar refractivity (Wildman–Crippen MR) is 93.2 cm³/mol. The van der Waals surface area contributed by atoms with Gasteiger partial charge < -0.3 is 5.32 Å². The van der Waals surface area contributed by atoms with Crippen molar-refractivity contribution in [3.63, 3.8) is 0 Å². The highest BCUT2D eigenvalue weighted by Crippen LogP contribution is 2.26. The van der Waals surface area contributed by atoms with E-state index in [1.54, 1.807) is 0 Å². The van der Waals surface area contributed by atoms with Crippen molar-refractivity contribution in [2.45, 2.75) is 50.6 Å². The lowest BCUT2D eigenvalue weighted by atomic mass is 10.1. The lowest BCUT2D eigenvalue weighted by Crippen LogP contribution is -2.35. The van der Waals surface area contributed by atoms with Gasteiger partial charge in [-0.15, -0.1) is 5.10 Å². The van der Waals surface area contributed by atoms with Gasteiger partial charge in [0.15, 0.2) is 0 Å². The minimum Gasteiger partial charge on any atom is -0.351 e. The number of carbonyl (C=O) groups excluding carboxylic acids is 1. The molecule has 0 aliphatic rings. The molecule has 0 aliphatic carbocycles. The summed E-state index contributed by atoms with van der Waals surface area (Å²) in [5, 5.41) is 10.6. The molecule has 2 rings (SSSR count). The highest BCUT2D eigenvalue weighted by Gasteiger charge is 2.25. The maximum Gasteiger partial charge on any atom is 0.234 e. The number of thioether (sulfide) groups is 1. The number of aromatic nitrogens is 3. The lowest BCUT2D eigenvalue weighted by Gasteiger charge is -2.18. The lowest BCUT2D eigenvalue weighted by molar-refractivity contribution is -0.121.